The molecule has 96 valence electrons. The molecular formula is C12H22N4O. The van der Waals surface area contributed by atoms with Crippen molar-refractivity contribution in [2.24, 2.45) is 11.3 Å². The zero-order valence-corrected chi connectivity index (χ0v) is 11.2. The number of nitrogen functional groups attached to an aromatic ring is 1. The van der Waals surface area contributed by atoms with Crippen molar-refractivity contribution in [3.8, 4) is 5.88 Å². The molecule has 1 aromatic rings. The normalized spacial score (nSPS) is 11.6. The van der Waals surface area contributed by atoms with Crippen LogP contribution in [0.3, 0.4) is 0 Å². The highest BCUT2D eigenvalue weighted by molar-refractivity contribution is 5.42. The van der Waals surface area contributed by atoms with Crippen LogP contribution >= 0.6 is 0 Å². The fourth-order valence-corrected chi connectivity index (χ4v) is 1.16. The van der Waals surface area contributed by atoms with Crippen molar-refractivity contribution in [2.45, 2.75) is 27.7 Å². The lowest BCUT2D eigenvalue weighted by Gasteiger charge is -2.29. The number of ether oxygens (including phenoxy) is 1. The second kappa shape index (κ2) is 5.21. The zero-order valence-electron chi connectivity index (χ0n) is 11.2. The second-order valence-electron chi connectivity index (χ2n) is 5.15. The average Bonchev–Trinajstić information content (AvgIpc) is 2.25. The number of methoxy groups -OCH3 is 1. The molecule has 0 bridgehead atoms. The molecule has 0 aliphatic rings. The van der Waals surface area contributed by atoms with Crippen LogP contribution in [0.4, 0.5) is 11.8 Å². The van der Waals surface area contributed by atoms with E-state index in [1.54, 1.807) is 13.2 Å². The van der Waals surface area contributed by atoms with Crippen molar-refractivity contribution in [1.29, 1.82) is 0 Å². The SMILES string of the molecule is COc1cc(NCC(C)(C)C(C)C)nc(N)n1. The summed E-state index contributed by atoms with van der Waals surface area (Å²) in [5.41, 5.74) is 5.78. The van der Waals surface area contributed by atoms with E-state index in [1.807, 2.05) is 0 Å². The first-order valence-corrected chi connectivity index (χ1v) is 5.77. The summed E-state index contributed by atoms with van der Waals surface area (Å²) in [5, 5.41) is 3.27. The predicted molar refractivity (Wildman–Crippen MR) is 70.1 cm³/mol. The number of nitrogens with two attached hydrogens (primary N) is 1. The molecule has 0 fully saturated rings. The monoisotopic (exact) mass is 238 g/mol. The van der Waals surface area contributed by atoms with Crippen LogP contribution in [0.15, 0.2) is 6.07 Å². The van der Waals surface area contributed by atoms with Crippen LogP contribution in [-0.2, 0) is 0 Å². The number of aromatic nitrogens is 2. The minimum atomic E-state index is 0.187. The Morgan fingerprint density at radius 2 is 2.06 bits per heavy atom. The van der Waals surface area contributed by atoms with Gasteiger partial charge in [0.05, 0.1) is 7.11 Å². The molecule has 0 amide bonds. The van der Waals surface area contributed by atoms with Crippen LogP contribution in [0.1, 0.15) is 27.7 Å². The van der Waals surface area contributed by atoms with Crippen molar-refractivity contribution in [3.63, 3.8) is 0 Å². The molecule has 0 radical (unpaired) electrons. The molecule has 0 aliphatic carbocycles. The smallest absolute Gasteiger partial charge is 0.225 e. The molecule has 17 heavy (non-hydrogen) atoms. The molecule has 0 spiro atoms. The van der Waals surface area contributed by atoms with Crippen LogP contribution < -0.4 is 15.8 Å². The Morgan fingerprint density at radius 1 is 1.41 bits per heavy atom. The summed E-state index contributed by atoms with van der Waals surface area (Å²) in [4.78, 5) is 8.06. The molecule has 0 aromatic carbocycles. The molecule has 0 atom stereocenters. The fraction of sp³-hybridized carbons (Fsp3) is 0.667. The Morgan fingerprint density at radius 3 is 2.59 bits per heavy atom. The van der Waals surface area contributed by atoms with Crippen LogP contribution in [0.5, 0.6) is 5.88 Å². The molecule has 0 saturated carbocycles. The summed E-state index contributed by atoms with van der Waals surface area (Å²) in [6, 6.07) is 1.74. The van der Waals surface area contributed by atoms with Gasteiger partial charge in [-0.1, -0.05) is 27.7 Å². The van der Waals surface area contributed by atoms with Crippen molar-refractivity contribution in [3.05, 3.63) is 6.07 Å². The number of nitrogens with zero attached hydrogens (tertiary/aromatic N) is 2. The van der Waals surface area contributed by atoms with Crippen molar-refractivity contribution >= 4 is 11.8 Å². The summed E-state index contributed by atoms with van der Waals surface area (Å²) >= 11 is 0. The predicted octanol–water partition coefficient (Wildman–Crippen LogP) is 2.16. The van der Waals surface area contributed by atoms with Gasteiger partial charge in [0.1, 0.15) is 5.82 Å². The molecule has 1 heterocycles. The Kier molecular flexibility index (Phi) is 4.15. The van der Waals surface area contributed by atoms with Gasteiger partial charge in [-0.15, -0.1) is 0 Å². The molecule has 5 heteroatoms. The van der Waals surface area contributed by atoms with E-state index < -0.39 is 0 Å². The van der Waals surface area contributed by atoms with Gasteiger partial charge in [0.15, 0.2) is 0 Å². The molecule has 0 aliphatic heterocycles. The Labute approximate surface area is 103 Å². The summed E-state index contributed by atoms with van der Waals surface area (Å²) in [6.07, 6.45) is 0. The summed E-state index contributed by atoms with van der Waals surface area (Å²) in [6.45, 7) is 9.66. The van der Waals surface area contributed by atoms with E-state index in [-0.39, 0.29) is 11.4 Å². The van der Waals surface area contributed by atoms with Gasteiger partial charge in [0.25, 0.3) is 0 Å². The molecule has 1 aromatic heterocycles. The van der Waals surface area contributed by atoms with Gasteiger partial charge in [-0.3, -0.25) is 0 Å². The van der Waals surface area contributed by atoms with Crippen LogP contribution in [-0.4, -0.2) is 23.6 Å². The lowest BCUT2D eigenvalue weighted by Crippen LogP contribution is -2.28. The second-order valence-corrected chi connectivity index (χ2v) is 5.15. The Bertz CT molecular complexity index is 377. The van der Waals surface area contributed by atoms with E-state index in [9.17, 15) is 0 Å². The quantitative estimate of drug-likeness (QED) is 0.822. The zero-order chi connectivity index (χ0) is 13.1. The van der Waals surface area contributed by atoms with Gasteiger partial charge in [0, 0.05) is 12.6 Å². The van der Waals surface area contributed by atoms with Gasteiger partial charge >= 0.3 is 0 Å². The lowest BCUT2D eigenvalue weighted by atomic mass is 9.81. The van der Waals surface area contributed by atoms with E-state index in [2.05, 4.69) is 43.0 Å². The topological polar surface area (TPSA) is 73.1 Å². The molecular weight excluding hydrogens is 216 g/mol. The molecule has 0 saturated heterocycles. The molecule has 1 rings (SSSR count). The van der Waals surface area contributed by atoms with Crippen LogP contribution in [0.2, 0.25) is 0 Å². The minimum Gasteiger partial charge on any atom is -0.481 e. The number of hydrogen-bond donors (Lipinski definition) is 2. The van der Waals surface area contributed by atoms with Crippen LogP contribution in [0, 0.1) is 11.3 Å². The standard InChI is InChI=1S/C12H22N4O/c1-8(2)12(3,4)7-14-9-6-10(17-5)16-11(13)15-9/h6,8H,7H2,1-5H3,(H3,13,14,15,16). The van der Waals surface area contributed by atoms with Gasteiger partial charge in [-0.2, -0.15) is 9.97 Å². The maximum atomic E-state index is 5.59. The first kappa shape index (κ1) is 13.5. The first-order valence-electron chi connectivity index (χ1n) is 5.77. The summed E-state index contributed by atoms with van der Waals surface area (Å²) in [7, 11) is 1.56. The Balaban J connectivity index is 2.72. The van der Waals surface area contributed by atoms with E-state index in [0.717, 1.165) is 6.54 Å². The number of anilines is 2. The van der Waals surface area contributed by atoms with Crippen LogP contribution in [0.25, 0.3) is 0 Å². The summed E-state index contributed by atoms with van der Waals surface area (Å²) in [5.74, 6) is 1.97. The molecule has 3 N–H and O–H groups in total. The average molecular weight is 238 g/mol. The van der Waals surface area contributed by atoms with Gasteiger partial charge in [-0.25, -0.2) is 0 Å². The number of rotatable bonds is 5. The third kappa shape index (κ3) is 3.76. The third-order valence-electron chi connectivity index (χ3n) is 3.22. The third-order valence-corrected chi connectivity index (χ3v) is 3.22. The molecule has 5 nitrogen and oxygen atoms in total. The minimum absolute atomic E-state index is 0.187. The maximum absolute atomic E-state index is 5.59. The van der Waals surface area contributed by atoms with E-state index in [0.29, 0.717) is 17.6 Å². The Hall–Kier alpha value is -1.52. The highest BCUT2D eigenvalue weighted by Gasteiger charge is 2.22. The summed E-state index contributed by atoms with van der Waals surface area (Å²) < 4.78 is 5.04. The first-order chi connectivity index (χ1) is 7.85. The van der Waals surface area contributed by atoms with E-state index in [4.69, 9.17) is 10.5 Å². The number of nitrogens with one attached hydrogen (secondary N) is 1. The lowest BCUT2D eigenvalue weighted by molar-refractivity contribution is 0.269. The highest BCUT2D eigenvalue weighted by atomic mass is 16.5. The largest absolute Gasteiger partial charge is 0.481 e. The molecule has 0 unspecified atom stereocenters. The van der Waals surface area contributed by atoms with Crippen molar-refractivity contribution < 1.29 is 4.74 Å². The fourth-order valence-electron chi connectivity index (χ4n) is 1.16. The van der Waals surface area contributed by atoms with Crippen molar-refractivity contribution in [1.82, 2.24) is 9.97 Å². The number of hydrogen-bond acceptors (Lipinski definition) is 5. The van der Waals surface area contributed by atoms with E-state index in [1.165, 1.54) is 0 Å². The van der Waals surface area contributed by atoms with E-state index >= 15 is 0 Å². The van der Waals surface area contributed by atoms with Gasteiger partial charge in [-0.05, 0) is 11.3 Å². The van der Waals surface area contributed by atoms with Gasteiger partial charge < -0.3 is 15.8 Å². The van der Waals surface area contributed by atoms with Gasteiger partial charge in [0.2, 0.25) is 11.8 Å². The van der Waals surface area contributed by atoms with Crippen molar-refractivity contribution in [2.75, 3.05) is 24.7 Å². The maximum Gasteiger partial charge on any atom is 0.225 e. The highest BCUT2D eigenvalue weighted by Crippen LogP contribution is 2.26.